The molecule has 118 valence electrons. The van der Waals surface area contributed by atoms with Gasteiger partial charge in [0.25, 0.3) is 0 Å². The summed E-state index contributed by atoms with van der Waals surface area (Å²) < 4.78 is 0. The maximum absolute atomic E-state index is 2.87. The fraction of sp³-hybridized carbons (Fsp3) is 1.00. The van der Waals surface area contributed by atoms with Crippen LogP contribution < -0.4 is 0 Å². The number of rotatable bonds is 8. The number of unbranched alkanes of at least 4 members (excludes halogenated alkanes) is 3. The van der Waals surface area contributed by atoms with E-state index in [-0.39, 0.29) is 0 Å². The molecule has 2 rings (SSSR count). The Balaban J connectivity index is 1.78. The fourth-order valence-electron chi connectivity index (χ4n) is 4.86. The Labute approximate surface area is 130 Å². The van der Waals surface area contributed by atoms with Gasteiger partial charge in [-0.25, -0.2) is 0 Å². The van der Waals surface area contributed by atoms with Crippen LogP contribution in [0.3, 0.4) is 0 Å². The van der Waals surface area contributed by atoms with Crippen LogP contribution in [0, 0.1) is 17.8 Å². The summed E-state index contributed by atoms with van der Waals surface area (Å²) in [6.07, 6.45) is 24.1. The predicted molar refractivity (Wildman–Crippen MR) is 94.3 cm³/mol. The summed E-state index contributed by atoms with van der Waals surface area (Å²) in [7, 11) is 2.87. The predicted octanol–water partition coefficient (Wildman–Crippen LogP) is 6.59. The Hall–Kier alpha value is 0.430. The van der Waals surface area contributed by atoms with Gasteiger partial charge in [-0.3, -0.25) is 0 Å². The van der Waals surface area contributed by atoms with E-state index in [0.717, 1.165) is 17.8 Å². The third kappa shape index (κ3) is 5.67. The first-order chi connectivity index (χ1) is 9.92. The maximum atomic E-state index is 2.87. The second-order valence-electron chi connectivity index (χ2n) is 7.45. The highest BCUT2D eigenvalue weighted by Crippen LogP contribution is 2.42. The largest absolute Gasteiger partial charge is 0.138 e. The summed E-state index contributed by atoms with van der Waals surface area (Å²) in [5.41, 5.74) is 0. The number of hydrogen-bond donors (Lipinski definition) is 0. The molecule has 2 aliphatic carbocycles. The average molecular weight is 296 g/mol. The molecule has 1 heteroatoms. The Morgan fingerprint density at radius 1 is 0.650 bits per heavy atom. The monoisotopic (exact) mass is 296 g/mol. The van der Waals surface area contributed by atoms with Crippen LogP contribution in [0.4, 0.5) is 0 Å². The quantitative estimate of drug-likeness (QED) is 0.350. The molecule has 2 aliphatic rings. The van der Waals surface area contributed by atoms with Crippen LogP contribution in [0.15, 0.2) is 0 Å². The molecular formula is C19H37P. The topological polar surface area (TPSA) is 0 Å². The van der Waals surface area contributed by atoms with Gasteiger partial charge < -0.3 is 0 Å². The Morgan fingerprint density at radius 3 is 1.65 bits per heavy atom. The van der Waals surface area contributed by atoms with Gasteiger partial charge in [-0.05, 0) is 36.8 Å². The molecule has 0 aromatic rings. The molecule has 0 aromatic heterocycles. The zero-order valence-electron chi connectivity index (χ0n) is 13.6. The van der Waals surface area contributed by atoms with Gasteiger partial charge in [0.05, 0.1) is 0 Å². The minimum Gasteiger partial charge on any atom is -0.138 e. The van der Waals surface area contributed by atoms with Crippen molar-refractivity contribution in [2.75, 3.05) is 6.16 Å². The van der Waals surface area contributed by atoms with Gasteiger partial charge in [0.1, 0.15) is 0 Å². The van der Waals surface area contributed by atoms with Gasteiger partial charge in [-0.15, -0.1) is 9.24 Å². The van der Waals surface area contributed by atoms with E-state index in [4.69, 9.17) is 0 Å². The molecule has 0 bridgehead atoms. The first kappa shape index (κ1) is 16.8. The van der Waals surface area contributed by atoms with Crippen LogP contribution >= 0.6 is 9.24 Å². The van der Waals surface area contributed by atoms with E-state index in [2.05, 4.69) is 9.24 Å². The molecule has 2 fully saturated rings. The van der Waals surface area contributed by atoms with Crippen LogP contribution in [0.5, 0.6) is 0 Å². The van der Waals surface area contributed by atoms with Crippen molar-refractivity contribution in [3.05, 3.63) is 0 Å². The molecule has 0 aliphatic heterocycles. The van der Waals surface area contributed by atoms with Crippen LogP contribution in [0.1, 0.15) is 96.3 Å². The van der Waals surface area contributed by atoms with Gasteiger partial charge >= 0.3 is 0 Å². The fourth-order valence-corrected chi connectivity index (χ4v) is 5.15. The van der Waals surface area contributed by atoms with Crippen LogP contribution in [0.25, 0.3) is 0 Å². The molecule has 0 saturated heterocycles. The van der Waals surface area contributed by atoms with Crippen LogP contribution in [-0.4, -0.2) is 6.16 Å². The minimum atomic E-state index is 1.10. The smallest absolute Gasteiger partial charge is 0.0357 e. The molecule has 0 amide bonds. The lowest BCUT2D eigenvalue weighted by atomic mass is 9.68. The van der Waals surface area contributed by atoms with Crippen molar-refractivity contribution in [3.8, 4) is 0 Å². The molecule has 0 radical (unpaired) electrons. The highest BCUT2D eigenvalue weighted by molar-refractivity contribution is 7.16. The zero-order valence-corrected chi connectivity index (χ0v) is 14.8. The molecule has 0 heterocycles. The SMILES string of the molecule is PCCCCCCC(C1CCCCC1)C1CCCCC1. The summed E-state index contributed by atoms with van der Waals surface area (Å²) in [6.45, 7) is 0. The Bertz CT molecular complexity index is 208. The zero-order chi connectivity index (χ0) is 14.0. The van der Waals surface area contributed by atoms with Gasteiger partial charge in [0.15, 0.2) is 0 Å². The lowest BCUT2D eigenvalue weighted by Gasteiger charge is -2.38. The second-order valence-corrected chi connectivity index (χ2v) is 8.03. The van der Waals surface area contributed by atoms with Gasteiger partial charge in [-0.1, -0.05) is 83.5 Å². The molecule has 0 nitrogen and oxygen atoms in total. The normalized spacial score (nSPS) is 22.5. The third-order valence-electron chi connectivity index (χ3n) is 6.00. The van der Waals surface area contributed by atoms with Gasteiger partial charge in [0, 0.05) is 0 Å². The van der Waals surface area contributed by atoms with E-state index >= 15 is 0 Å². The average Bonchev–Trinajstić information content (AvgIpc) is 2.53. The van der Waals surface area contributed by atoms with E-state index in [9.17, 15) is 0 Å². The van der Waals surface area contributed by atoms with E-state index in [1.807, 2.05) is 0 Å². The molecule has 20 heavy (non-hydrogen) atoms. The third-order valence-corrected chi connectivity index (χ3v) is 6.41. The van der Waals surface area contributed by atoms with E-state index in [0.29, 0.717) is 0 Å². The summed E-state index contributed by atoms with van der Waals surface area (Å²) in [4.78, 5) is 0. The highest BCUT2D eigenvalue weighted by Gasteiger charge is 2.30. The Kier molecular flexibility index (Phi) is 8.57. The first-order valence-corrected chi connectivity index (χ1v) is 10.4. The van der Waals surface area contributed by atoms with Crippen molar-refractivity contribution in [2.24, 2.45) is 17.8 Å². The van der Waals surface area contributed by atoms with Crippen molar-refractivity contribution in [1.82, 2.24) is 0 Å². The molecule has 2 saturated carbocycles. The second kappa shape index (κ2) is 10.2. The van der Waals surface area contributed by atoms with Gasteiger partial charge in [0.2, 0.25) is 0 Å². The number of hydrogen-bond acceptors (Lipinski definition) is 0. The summed E-state index contributed by atoms with van der Waals surface area (Å²) in [6, 6.07) is 0. The highest BCUT2D eigenvalue weighted by atomic mass is 31.0. The van der Waals surface area contributed by atoms with E-state index in [1.54, 1.807) is 32.1 Å². The van der Waals surface area contributed by atoms with Crippen molar-refractivity contribution in [1.29, 1.82) is 0 Å². The van der Waals surface area contributed by atoms with E-state index in [1.165, 1.54) is 70.4 Å². The van der Waals surface area contributed by atoms with Crippen molar-refractivity contribution >= 4 is 9.24 Å². The lowest BCUT2D eigenvalue weighted by molar-refractivity contribution is 0.132. The van der Waals surface area contributed by atoms with Crippen LogP contribution in [0.2, 0.25) is 0 Å². The molecule has 1 atom stereocenters. The van der Waals surface area contributed by atoms with Crippen LogP contribution in [-0.2, 0) is 0 Å². The van der Waals surface area contributed by atoms with Gasteiger partial charge in [-0.2, -0.15) is 0 Å². The van der Waals surface area contributed by atoms with Crippen molar-refractivity contribution in [3.63, 3.8) is 0 Å². The summed E-state index contributed by atoms with van der Waals surface area (Å²) in [5, 5.41) is 0. The summed E-state index contributed by atoms with van der Waals surface area (Å²) >= 11 is 0. The maximum Gasteiger partial charge on any atom is -0.0357 e. The molecular weight excluding hydrogens is 259 g/mol. The van der Waals surface area contributed by atoms with Crippen molar-refractivity contribution < 1.29 is 0 Å². The molecule has 1 unspecified atom stereocenters. The minimum absolute atomic E-state index is 1.10. The standard InChI is InChI=1S/C19H37P/c20-16-10-2-1-9-15-19(17-11-5-3-6-12-17)18-13-7-4-8-14-18/h17-19H,1-16,20H2. The first-order valence-electron chi connectivity index (χ1n) is 9.62. The molecule has 0 aromatic carbocycles. The van der Waals surface area contributed by atoms with E-state index < -0.39 is 0 Å². The van der Waals surface area contributed by atoms with Crippen molar-refractivity contribution in [2.45, 2.75) is 96.3 Å². The molecule has 0 spiro atoms. The molecule has 0 N–H and O–H groups in total. The summed E-state index contributed by atoms with van der Waals surface area (Å²) in [5.74, 6) is 3.31. The lowest BCUT2D eigenvalue weighted by Crippen LogP contribution is -2.27. The Morgan fingerprint density at radius 2 is 1.15 bits per heavy atom.